The molecular weight excluding hydrogens is 226 g/mol. The summed E-state index contributed by atoms with van der Waals surface area (Å²) in [5.41, 5.74) is 0.852. The zero-order valence-electron chi connectivity index (χ0n) is 9.40. The number of hydrogen-bond donors (Lipinski definition) is 2. The summed E-state index contributed by atoms with van der Waals surface area (Å²) in [7, 11) is 0. The van der Waals surface area contributed by atoms with Gasteiger partial charge in [0.2, 0.25) is 0 Å². The third-order valence-corrected chi connectivity index (χ3v) is 2.58. The molecule has 16 heavy (non-hydrogen) atoms. The highest BCUT2D eigenvalue weighted by atomic mass is 35.5. The molecular formula is C12H16ClNO2. The van der Waals surface area contributed by atoms with Crippen molar-refractivity contribution >= 4 is 17.6 Å². The van der Waals surface area contributed by atoms with Gasteiger partial charge in [-0.05, 0) is 18.1 Å². The van der Waals surface area contributed by atoms with Crippen molar-refractivity contribution in [3.8, 4) is 0 Å². The normalized spacial score (nSPS) is 12.8. The SMILES string of the molecule is CC(C)NC(Cc1ccccc1Cl)C(=O)O. The molecule has 4 heteroatoms. The number of rotatable bonds is 5. The van der Waals surface area contributed by atoms with Gasteiger partial charge < -0.3 is 10.4 Å². The Hall–Kier alpha value is -1.06. The van der Waals surface area contributed by atoms with Gasteiger partial charge in [-0.15, -0.1) is 0 Å². The lowest BCUT2D eigenvalue weighted by atomic mass is 10.1. The zero-order chi connectivity index (χ0) is 12.1. The molecule has 3 nitrogen and oxygen atoms in total. The first kappa shape index (κ1) is 13.0. The summed E-state index contributed by atoms with van der Waals surface area (Å²) < 4.78 is 0. The maximum atomic E-state index is 11.0. The predicted molar refractivity (Wildman–Crippen MR) is 64.9 cm³/mol. The quantitative estimate of drug-likeness (QED) is 0.832. The smallest absolute Gasteiger partial charge is 0.321 e. The van der Waals surface area contributed by atoms with Crippen LogP contribution >= 0.6 is 11.6 Å². The minimum atomic E-state index is -0.853. The maximum Gasteiger partial charge on any atom is 0.321 e. The summed E-state index contributed by atoms with van der Waals surface area (Å²) in [6.45, 7) is 3.84. The molecule has 0 spiro atoms. The Morgan fingerprint density at radius 1 is 1.44 bits per heavy atom. The number of carboxylic acids is 1. The number of benzene rings is 1. The molecule has 88 valence electrons. The molecule has 0 heterocycles. The van der Waals surface area contributed by atoms with E-state index in [-0.39, 0.29) is 6.04 Å². The highest BCUT2D eigenvalue weighted by molar-refractivity contribution is 6.31. The molecule has 1 aromatic rings. The van der Waals surface area contributed by atoms with Gasteiger partial charge in [-0.2, -0.15) is 0 Å². The van der Waals surface area contributed by atoms with Gasteiger partial charge >= 0.3 is 5.97 Å². The summed E-state index contributed by atoms with van der Waals surface area (Å²) in [6, 6.07) is 6.84. The lowest BCUT2D eigenvalue weighted by molar-refractivity contribution is -0.139. The third kappa shape index (κ3) is 3.83. The Labute approximate surface area is 100 Å². The Bertz CT molecular complexity index is 366. The van der Waals surface area contributed by atoms with E-state index in [2.05, 4.69) is 5.32 Å². The summed E-state index contributed by atoms with van der Waals surface area (Å²) in [5.74, 6) is -0.853. The number of carbonyl (C=O) groups is 1. The third-order valence-electron chi connectivity index (χ3n) is 2.21. The Morgan fingerprint density at radius 3 is 2.56 bits per heavy atom. The van der Waals surface area contributed by atoms with Crippen molar-refractivity contribution in [2.24, 2.45) is 0 Å². The summed E-state index contributed by atoms with van der Waals surface area (Å²) in [4.78, 5) is 11.0. The molecule has 2 N–H and O–H groups in total. The van der Waals surface area contributed by atoms with Crippen LogP contribution in [0.25, 0.3) is 0 Å². The van der Waals surface area contributed by atoms with E-state index in [0.29, 0.717) is 11.4 Å². The monoisotopic (exact) mass is 241 g/mol. The van der Waals surface area contributed by atoms with E-state index in [0.717, 1.165) is 5.56 Å². The van der Waals surface area contributed by atoms with Crippen LogP contribution in [0.2, 0.25) is 5.02 Å². The molecule has 1 rings (SSSR count). The second-order valence-corrected chi connectivity index (χ2v) is 4.41. The second-order valence-electron chi connectivity index (χ2n) is 4.01. The first-order chi connectivity index (χ1) is 7.50. The molecule has 1 unspecified atom stereocenters. The van der Waals surface area contributed by atoms with E-state index < -0.39 is 12.0 Å². The lowest BCUT2D eigenvalue weighted by Crippen LogP contribution is -2.42. The molecule has 0 bridgehead atoms. The van der Waals surface area contributed by atoms with Crippen molar-refractivity contribution in [1.29, 1.82) is 0 Å². The van der Waals surface area contributed by atoms with E-state index >= 15 is 0 Å². The second kappa shape index (κ2) is 5.87. The van der Waals surface area contributed by atoms with Crippen molar-refractivity contribution < 1.29 is 9.90 Å². The molecule has 0 aliphatic rings. The minimum Gasteiger partial charge on any atom is -0.480 e. The summed E-state index contributed by atoms with van der Waals surface area (Å²) in [6.07, 6.45) is 0.396. The summed E-state index contributed by atoms with van der Waals surface area (Å²) in [5, 5.41) is 12.7. The molecule has 1 aromatic carbocycles. The average Bonchev–Trinajstić information content (AvgIpc) is 2.19. The number of aliphatic carboxylic acids is 1. The van der Waals surface area contributed by atoms with Crippen LogP contribution in [-0.4, -0.2) is 23.2 Å². The van der Waals surface area contributed by atoms with Crippen molar-refractivity contribution in [1.82, 2.24) is 5.32 Å². The van der Waals surface area contributed by atoms with Crippen LogP contribution < -0.4 is 5.32 Å². The minimum absolute atomic E-state index is 0.128. The first-order valence-electron chi connectivity index (χ1n) is 5.23. The molecule has 0 saturated carbocycles. The van der Waals surface area contributed by atoms with Crippen LogP contribution in [0, 0.1) is 0 Å². The molecule has 0 amide bonds. The van der Waals surface area contributed by atoms with Gasteiger partial charge in [0.15, 0.2) is 0 Å². The molecule has 0 aliphatic heterocycles. The molecule has 0 saturated heterocycles. The van der Waals surface area contributed by atoms with Crippen LogP contribution in [0.4, 0.5) is 0 Å². The molecule has 0 radical (unpaired) electrons. The van der Waals surface area contributed by atoms with Crippen molar-refractivity contribution in [3.63, 3.8) is 0 Å². The Balaban J connectivity index is 2.76. The van der Waals surface area contributed by atoms with Crippen LogP contribution in [-0.2, 0) is 11.2 Å². The molecule has 0 aliphatic carbocycles. The van der Waals surface area contributed by atoms with Gasteiger partial charge in [-0.25, -0.2) is 0 Å². The van der Waals surface area contributed by atoms with E-state index in [1.165, 1.54) is 0 Å². The van der Waals surface area contributed by atoms with Gasteiger partial charge in [0.25, 0.3) is 0 Å². The zero-order valence-corrected chi connectivity index (χ0v) is 10.2. The first-order valence-corrected chi connectivity index (χ1v) is 5.60. The summed E-state index contributed by atoms with van der Waals surface area (Å²) >= 11 is 5.99. The van der Waals surface area contributed by atoms with Crippen molar-refractivity contribution in [2.45, 2.75) is 32.4 Å². The lowest BCUT2D eigenvalue weighted by Gasteiger charge is -2.17. The van der Waals surface area contributed by atoms with Crippen molar-refractivity contribution in [3.05, 3.63) is 34.9 Å². The highest BCUT2D eigenvalue weighted by Gasteiger charge is 2.19. The van der Waals surface area contributed by atoms with Crippen LogP contribution in [0.3, 0.4) is 0 Å². The van der Waals surface area contributed by atoms with E-state index in [9.17, 15) is 4.79 Å². The van der Waals surface area contributed by atoms with Crippen LogP contribution in [0.5, 0.6) is 0 Å². The molecule has 0 fully saturated rings. The van der Waals surface area contributed by atoms with Gasteiger partial charge in [-0.1, -0.05) is 43.6 Å². The maximum absolute atomic E-state index is 11.0. The van der Waals surface area contributed by atoms with Gasteiger partial charge in [0.1, 0.15) is 6.04 Å². The van der Waals surface area contributed by atoms with E-state index in [4.69, 9.17) is 16.7 Å². The van der Waals surface area contributed by atoms with Crippen molar-refractivity contribution in [2.75, 3.05) is 0 Å². The Morgan fingerprint density at radius 2 is 2.06 bits per heavy atom. The van der Waals surface area contributed by atoms with Crippen LogP contribution in [0.15, 0.2) is 24.3 Å². The predicted octanol–water partition coefficient (Wildman–Crippen LogP) is 2.33. The largest absolute Gasteiger partial charge is 0.480 e. The van der Waals surface area contributed by atoms with Gasteiger partial charge in [0.05, 0.1) is 0 Å². The fourth-order valence-corrected chi connectivity index (χ4v) is 1.72. The van der Waals surface area contributed by atoms with Crippen LogP contribution in [0.1, 0.15) is 19.4 Å². The Kier molecular flexibility index (Phi) is 4.77. The topological polar surface area (TPSA) is 49.3 Å². The number of hydrogen-bond acceptors (Lipinski definition) is 2. The number of carboxylic acid groups (broad SMARTS) is 1. The molecule has 0 aromatic heterocycles. The van der Waals surface area contributed by atoms with E-state index in [1.54, 1.807) is 6.07 Å². The van der Waals surface area contributed by atoms with Gasteiger partial charge in [0, 0.05) is 11.1 Å². The standard InChI is InChI=1S/C12H16ClNO2/c1-8(2)14-11(12(15)16)7-9-5-3-4-6-10(9)13/h3-6,8,11,14H,7H2,1-2H3,(H,15,16). The van der Waals surface area contributed by atoms with E-state index in [1.807, 2.05) is 32.0 Å². The average molecular weight is 242 g/mol. The highest BCUT2D eigenvalue weighted by Crippen LogP contribution is 2.16. The molecule has 1 atom stereocenters. The fraction of sp³-hybridized carbons (Fsp3) is 0.417. The fourth-order valence-electron chi connectivity index (χ4n) is 1.50. The number of halogens is 1. The van der Waals surface area contributed by atoms with Gasteiger partial charge in [-0.3, -0.25) is 4.79 Å². The number of nitrogens with one attached hydrogen (secondary N) is 1.